The first-order valence-electron chi connectivity index (χ1n) is 12.2. The molecule has 176 valence electrons. The molecule has 5 nitrogen and oxygen atoms in total. The maximum Gasteiger partial charge on any atom is 0.304 e. The summed E-state index contributed by atoms with van der Waals surface area (Å²) in [6.07, 6.45) is 7.04. The fourth-order valence-electron chi connectivity index (χ4n) is 8.76. The highest BCUT2D eigenvalue weighted by atomic mass is 79.9. The molecule has 4 fully saturated rings. The molecule has 0 aliphatic heterocycles. The van der Waals surface area contributed by atoms with Gasteiger partial charge in [0.2, 0.25) is 0 Å². The molecule has 0 aromatic heterocycles. The van der Waals surface area contributed by atoms with Crippen LogP contribution < -0.4 is 0 Å². The highest BCUT2D eigenvalue weighted by molar-refractivity contribution is 9.10. The summed E-state index contributed by atoms with van der Waals surface area (Å²) in [5.74, 6) is 1.58. The molecular weight excluding hydrogens is 460 g/mol. The van der Waals surface area contributed by atoms with Crippen LogP contribution in [-0.4, -0.2) is 33.8 Å². The van der Waals surface area contributed by atoms with E-state index < -0.39 is 4.51 Å². The molecular formula is C25H39BrO5. The van der Waals surface area contributed by atoms with Crippen LogP contribution in [0.15, 0.2) is 0 Å². The largest absolute Gasteiger partial charge is 0.463 e. The average molecular weight is 499 g/mol. The quantitative estimate of drug-likeness (QED) is 0.426. The molecule has 4 aliphatic rings. The van der Waals surface area contributed by atoms with Crippen molar-refractivity contribution < 1.29 is 24.2 Å². The van der Waals surface area contributed by atoms with Crippen LogP contribution >= 0.6 is 15.9 Å². The van der Waals surface area contributed by atoms with E-state index in [1.54, 1.807) is 0 Å². The van der Waals surface area contributed by atoms with Gasteiger partial charge in [0.25, 0.3) is 0 Å². The van der Waals surface area contributed by atoms with Crippen LogP contribution in [0, 0.1) is 40.4 Å². The zero-order chi connectivity index (χ0) is 22.8. The number of hydrogen-bond donors (Lipinski definition) is 1. The summed E-state index contributed by atoms with van der Waals surface area (Å²) < 4.78 is 10.9. The van der Waals surface area contributed by atoms with Crippen molar-refractivity contribution >= 4 is 27.9 Å². The minimum atomic E-state index is -0.596. The van der Waals surface area contributed by atoms with Crippen molar-refractivity contribution in [2.24, 2.45) is 40.4 Å². The van der Waals surface area contributed by atoms with E-state index in [0.29, 0.717) is 23.7 Å². The predicted molar refractivity (Wildman–Crippen MR) is 121 cm³/mol. The van der Waals surface area contributed by atoms with Crippen LogP contribution in [0.1, 0.15) is 86.0 Å². The van der Waals surface area contributed by atoms with Crippen molar-refractivity contribution in [1.82, 2.24) is 0 Å². The van der Waals surface area contributed by atoms with Gasteiger partial charge in [0, 0.05) is 19.3 Å². The molecule has 0 heterocycles. The summed E-state index contributed by atoms with van der Waals surface area (Å²) in [5.41, 5.74) is -0.0620. The molecule has 5 unspecified atom stereocenters. The lowest BCUT2D eigenvalue weighted by atomic mass is 9.42. The van der Waals surface area contributed by atoms with E-state index in [9.17, 15) is 14.7 Å². The number of esters is 2. The zero-order valence-corrected chi connectivity index (χ0v) is 21.2. The molecule has 0 radical (unpaired) electrons. The molecule has 4 saturated carbocycles. The zero-order valence-electron chi connectivity index (χ0n) is 19.7. The maximum atomic E-state index is 11.9. The Bertz CT molecular complexity index is 741. The van der Waals surface area contributed by atoms with E-state index in [0.717, 1.165) is 51.4 Å². The SMILES string of the molecule is CCC1CC(OC(C)=O)CC2C(O)C[C@@H]3[C@@H](CC[C@@]4(C)[C@H]3CCC4(Br)OC(C)=O)[C@@]12C. The molecule has 0 aromatic carbocycles. The first-order valence-corrected chi connectivity index (χ1v) is 13.0. The summed E-state index contributed by atoms with van der Waals surface area (Å²) in [6, 6.07) is 0. The van der Waals surface area contributed by atoms with Crippen molar-refractivity contribution in [2.75, 3.05) is 0 Å². The average Bonchev–Trinajstić information content (AvgIpc) is 2.92. The molecule has 0 aromatic rings. The van der Waals surface area contributed by atoms with E-state index in [-0.39, 0.29) is 40.9 Å². The number of ether oxygens (including phenoxy) is 2. The third-order valence-electron chi connectivity index (χ3n) is 10.1. The van der Waals surface area contributed by atoms with Gasteiger partial charge >= 0.3 is 11.9 Å². The Balaban J connectivity index is 1.65. The molecule has 4 rings (SSSR count). The number of fused-ring (bicyclic) bond motifs is 5. The fraction of sp³-hybridized carbons (Fsp3) is 0.920. The number of rotatable bonds is 3. The van der Waals surface area contributed by atoms with Crippen molar-refractivity contribution in [1.29, 1.82) is 0 Å². The molecule has 6 heteroatoms. The molecule has 4 aliphatic carbocycles. The van der Waals surface area contributed by atoms with E-state index in [1.165, 1.54) is 13.8 Å². The predicted octanol–water partition coefficient (Wildman–Crippen LogP) is 5.22. The van der Waals surface area contributed by atoms with Crippen LogP contribution in [0.2, 0.25) is 0 Å². The van der Waals surface area contributed by atoms with Crippen LogP contribution in [0.4, 0.5) is 0 Å². The van der Waals surface area contributed by atoms with Gasteiger partial charge in [-0.3, -0.25) is 9.59 Å². The Kier molecular flexibility index (Phi) is 6.08. The number of carbonyl (C=O) groups is 2. The van der Waals surface area contributed by atoms with Gasteiger partial charge in [-0.05, 0) is 95.9 Å². The number of aliphatic hydroxyl groups excluding tert-OH is 1. The molecule has 31 heavy (non-hydrogen) atoms. The Morgan fingerprint density at radius 1 is 1.00 bits per heavy atom. The van der Waals surface area contributed by atoms with Gasteiger partial charge < -0.3 is 14.6 Å². The highest BCUT2D eigenvalue weighted by Gasteiger charge is 2.68. The Hall–Kier alpha value is -0.620. The van der Waals surface area contributed by atoms with Gasteiger partial charge in [0.05, 0.1) is 6.10 Å². The summed E-state index contributed by atoms with van der Waals surface area (Å²) in [5, 5.41) is 11.4. The number of carbonyl (C=O) groups excluding carboxylic acids is 2. The van der Waals surface area contributed by atoms with Crippen molar-refractivity contribution in [3.05, 3.63) is 0 Å². The lowest BCUT2D eigenvalue weighted by Crippen LogP contribution is -2.62. The Labute approximate surface area is 195 Å². The summed E-state index contributed by atoms with van der Waals surface area (Å²) in [4.78, 5) is 23.5. The normalized spacial score (nSPS) is 51.3. The van der Waals surface area contributed by atoms with Crippen LogP contribution in [-0.2, 0) is 19.1 Å². The minimum absolute atomic E-state index is 0.0497. The van der Waals surface area contributed by atoms with E-state index >= 15 is 0 Å². The lowest BCUT2D eigenvalue weighted by molar-refractivity contribution is -0.207. The third-order valence-corrected chi connectivity index (χ3v) is 11.6. The summed E-state index contributed by atoms with van der Waals surface area (Å²) in [6.45, 7) is 9.93. The second-order valence-electron chi connectivity index (χ2n) is 11.3. The van der Waals surface area contributed by atoms with Gasteiger partial charge in [0.1, 0.15) is 6.10 Å². The summed E-state index contributed by atoms with van der Waals surface area (Å²) >= 11 is 3.86. The van der Waals surface area contributed by atoms with Gasteiger partial charge in [-0.1, -0.05) is 27.2 Å². The minimum Gasteiger partial charge on any atom is -0.463 e. The van der Waals surface area contributed by atoms with Gasteiger partial charge in [-0.25, -0.2) is 0 Å². The first kappa shape index (κ1) is 23.5. The van der Waals surface area contributed by atoms with Crippen molar-refractivity contribution in [3.8, 4) is 0 Å². The first-order chi connectivity index (χ1) is 14.5. The Morgan fingerprint density at radius 3 is 2.29 bits per heavy atom. The molecule has 0 amide bonds. The van der Waals surface area contributed by atoms with E-state index in [1.807, 2.05) is 0 Å². The van der Waals surface area contributed by atoms with Crippen molar-refractivity contribution in [2.45, 2.75) is 103 Å². The van der Waals surface area contributed by atoms with Crippen LogP contribution in [0.3, 0.4) is 0 Å². The second-order valence-corrected chi connectivity index (χ2v) is 12.6. The molecule has 0 bridgehead atoms. The van der Waals surface area contributed by atoms with Crippen molar-refractivity contribution in [3.63, 3.8) is 0 Å². The molecule has 0 saturated heterocycles. The number of halogens is 1. The van der Waals surface area contributed by atoms with E-state index in [2.05, 4.69) is 36.7 Å². The molecule has 10 atom stereocenters. The van der Waals surface area contributed by atoms with Gasteiger partial charge in [-0.15, -0.1) is 0 Å². The molecule has 0 spiro atoms. The lowest BCUT2D eigenvalue weighted by Gasteiger charge is -2.64. The fourth-order valence-corrected chi connectivity index (χ4v) is 9.71. The number of aliphatic hydroxyl groups is 1. The number of alkyl halides is 1. The van der Waals surface area contributed by atoms with Gasteiger partial charge in [0.15, 0.2) is 4.51 Å². The highest BCUT2D eigenvalue weighted by Crippen LogP contribution is 2.71. The number of hydrogen-bond acceptors (Lipinski definition) is 5. The van der Waals surface area contributed by atoms with Gasteiger partial charge in [-0.2, -0.15) is 0 Å². The second kappa shape index (κ2) is 8.00. The molecule has 1 N–H and O–H groups in total. The third kappa shape index (κ3) is 3.50. The van der Waals surface area contributed by atoms with Crippen LogP contribution in [0.25, 0.3) is 0 Å². The standard InChI is InChI=1S/C25H39BrO5/c1-6-16-11-17(30-14(2)27)12-21-22(29)13-18-19-8-10-25(26,31-15(3)28)23(19,4)9-7-20(18)24(16,21)5/h16-22,29H,6-13H2,1-5H3/t16?,17?,18-,19-,20+,21?,22?,23-,24+,25?/m0/s1. The Morgan fingerprint density at radius 2 is 1.68 bits per heavy atom. The topological polar surface area (TPSA) is 72.8 Å². The maximum absolute atomic E-state index is 11.9. The smallest absolute Gasteiger partial charge is 0.304 e. The van der Waals surface area contributed by atoms with Crippen LogP contribution in [0.5, 0.6) is 0 Å². The monoisotopic (exact) mass is 498 g/mol. The summed E-state index contributed by atoms with van der Waals surface area (Å²) in [7, 11) is 0. The van der Waals surface area contributed by atoms with E-state index in [4.69, 9.17) is 9.47 Å².